The second-order valence-electron chi connectivity index (χ2n) is 6.75. The zero-order chi connectivity index (χ0) is 20.2. The van der Waals surface area contributed by atoms with Crippen LogP contribution in [0.1, 0.15) is 33.3 Å². The Morgan fingerprint density at radius 1 is 0.815 bits per heavy atom. The van der Waals surface area contributed by atoms with E-state index in [2.05, 4.69) is 0 Å². The summed E-state index contributed by atoms with van der Waals surface area (Å²) in [5.41, 5.74) is 0.504. The highest BCUT2D eigenvalue weighted by molar-refractivity contribution is 6.75. The first-order valence-electron chi connectivity index (χ1n) is 8.76. The van der Waals surface area contributed by atoms with Gasteiger partial charge in [0.1, 0.15) is 0 Å². The smallest absolute Gasteiger partial charge is 0.373 e. The molecule has 0 fully saturated rings. The maximum absolute atomic E-state index is 12.9. The number of halogens is 3. The lowest BCUT2D eigenvalue weighted by molar-refractivity contribution is -0.137. The third-order valence-corrected chi connectivity index (χ3v) is 6.95. The number of hydrogen-bond donors (Lipinski definition) is 0. The number of benzene rings is 2. The van der Waals surface area contributed by atoms with E-state index in [0.717, 1.165) is 17.3 Å². The van der Waals surface area contributed by atoms with Crippen molar-refractivity contribution in [2.45, 2.75) is 46.1 Å². The van der Waals surface area contributed by atoms with Crippen LogP contribution in [0.5, 0.6) is 0 Å². The van der Waals surface area contributed by atoms with Crippen LogP contribution in [0.2, 0.25) is 0 Å². The van der Waals surface area contributed by atoms with Crippen molar-refractivity contribution in [2.75, 3.05) is 7.11 Å². The molecule has 0 saturated carbocycles. The number of alkyl halides is 3. The SMILES string of the molecule is CO[Si](OC(C)C)(OC(C)C)c1ccc(-c2cccc(C(F)(F)F)c2)cc1. The molecule has 0 heterocycles. The largest absolute Gasteiger partial charge is 0.537 e. The predicted molar refractivity (Wildman–Crippen MR) is 102 cm³/mol. The molecule has 0 aliphatic rings. The van der Waals surface area contributed by atoms with Crippen LogP contribution in [0.15, 0.2) is 48.5 Å². The Balaban J connectivity index is 2.39. The van der Waals surface area contributed by atoms with Crippen molar-refractivity contribution in [3.8, 4) is 11.1 Å². The van der Waals surface area contributed by atoms with E-state index in [1.165, 1.54) is 6.07 Å². The molecule has 2 aromatic rings. The molecule has 2 aromatic carbocycles. The summed E-state index contributed by atoms with van der Waals surface area (Å²) >= 11 is 0. The Hall–Kier alpha value is -1.67. The van der Waals surface area contributed by atoms with Crippen LogP contribution in [-0.4, -0.2) is 28.1 Å². The molecule has 0 atom stereocenters. The molecule has 27 heavy (non-hydrogen) atoms. The van der Waals surface area contributed by atoms with Crippen LogP contribution in [0.4, 0.5) is 13.2 Å². The molecule has 0 amide bonds. The van der Waals surface area contributed by atoms with E-state index >= 15 is 0 Å². The molecule has 0 aliphatic heterocycles. The number of rotatable bonds is 7. The van der Waals surface area contributed by atoms with Gasteiger partial charge in [-0.3, -0.25) is 0 Å². The highest BCUT2D eigenvalue weighted by atomic mass is 28.4. The van der Waals surface area contributed by atoms with E-state index in [-0.39, 0.29) is 12.2 Å². The third kappa shape index (κ3) is 5.41. The van der Waals surface area contributed by atoms with Gasteiger partial charge in [0.2, 0.25) is 0 Å². The summed E-state index contributed by atoms with van der Waals surface area (Å²) in [6, 6.07) is 12.4. The summed E-state index contributed by atoms with van der Waals surface area (Å²) in [4.78, 5) is 0. The predicted octanol–water partition coefficient (Wildman–Crippen LogP) is 5.01. The van der Waals surface area contributed by atoms with Gasteiger partial charge in [-0.2, -0.15) is 13.2 Å². The monoisotopic (exact) mass is 398 g/mol. The van der Waals surface area contributed by atoms with Gasteiger partial charge in [0.05, 0.1) is 5.56 Å². The summed E-state index contributed by atoms with van der Waals surface area (Å²) in [5.74, 6) is 0. The fourth-order valence-electron chi connectivity index (χ4n) is 2.74. The topological polar surface area (TPSA) is 27.7 Å². The van der Waals surface area contributed by atoms with Crippen LogP contribution in [-0.2, 0) is 19.5 Å². The van der Waals surface area contributed by atoms with Crippen molar-refractivity contribution < 1.29 is 26.4 Å². The average molecular weight is 398 g/mol. The van der Waals surface area contributed by atoms with Gasteiger partial charge in [0.15, 0.2) is 0 Å². The van der Waals surface area contributed by atoms with E-state index in [9.17, 15) is 13.2 Å². The van der Waals surface area contributed by atoms with E-state index in [4.69, 9.17) is 13.3 Å². The fourth-order valence-corrected chi connectivity index (χ4v) is 5.31. The van der Waals surface area contributed by atoms with Crippen molar-refractivity contribution in [3.05, 3.63) is 54.1 Å². The van der Waals surface area contributed by atoms with Crippen LogP contribution in [0.3, 0.4) is 0 Å². The molecule has 0 saturated heterocycles. The molecule has 0 N–H and O–H groups in total. The Bertz CT molecular complexity index is 733. The zero-order valence-corrected chi connectivity index (χ0v) is 17.1. The van der Waals surface area contributed by atoms with E-state index in [0.29, 0.717) is 11.1 Å². The Morgan fingerprint density at radius 3 is 1.81 bits per heavy atom. The van der Waals surface area contributed by atoms with Gasteiger partial charge < -0.3 is 13.3 Å². The lowest BCUT2D eigenvalue weighted by Crippen LogP contribution is -2.58. The molecule has 0 spiro atoms. The Labute approximate surface area is 159 Å². The second kappa shape index (κ2) is 8.56. The molecule has 3 nitrogen and oxygen atoms in total. The van der Waals surface area contributed by atoms with Crippen molar-refractivity contribution in [1.29, 1.82) is 0 Å². The van der Waals surface area contributed by atoms with Crippen LogP contribution in [0.25, 0.3) is 11.1 Å². The minimum Gasteiger partial charge on any atom is -0.373 e. The van der Waals surface area contributed by atoms with Gasteiger partial charge in [0.25, 0.3) is 0 Å². The summed E-state index contributed by atoms with van der Waals surface area (Å²) < 4.78 is 56.6. The summed E-state index contributed by atoms with van der Waals surface area (Å²) in [7, 11) is -1.56. The quantitative estimate of drug-likeness (QED) is 0.614. The number of hydrogen-bond acceptors (Lipinski definition) is 3. The average Bonchev–Trinajstić information content (AvgIpc) is 2.60. The van der Waals surface area contributed by atoms with Crippen molar-refractivity contribution in [1.82, 2.24) is 0 Å². The minimum atomic E-state index is -4.37. The summed E-state index contributed by atoms with van der Waals surface area (Å²) in [6.07, 6.45) is -4.57. The zero-order valence-electron chi connectivity index (χ0n) is 16.1. The van der Waals surface area contributed by atoms with Crippen LogP contribution >= 0.6 is 0 Å². The molecule has 0 unspecified atom stereocenters. The molecule has 0 aromatic heterocycles. The molecule has 0 radical (unpaired) electrons. The highest BCUT2D eigenvalue weighted by Crippen LogP contribution is 2.32. The molecule has 0 bridgehead atoms. The lowest BCUT2D eigenvalue weighted by Gasteiger charge is -2.32. The maximum atomic E-state index is 12.9. The fraction of sp³-hybridized carbons (Fsp3) is 0.400. The first-order valence-corrected chi connectivity index (χ1v) is 10.5. The van der Waals surface area contributed by atoms with Gasteiger partial charge in [-0.25, -0.2) is 0 Å². The molecular weight excluding hydrogens is 373 g/mol. The normalized spacial score (nSPS) is 12.8. The minimum absolute atomic E-state index is 0.0986. The van der Waals surface area contributed by atoms with Gasteiger partial charge in [-0.1, -0.05) is 36.4 Å². The van der Waals surface area contributed by atoms with Crippen LogP contribution < -0.4 is 5.19 Å². The van der Waals surface area contributed by atoms with Crippen LogP contribution in [0, 0.1) is 0 Å². The Morgan fingerprint density at radius 2 is 1.37 bits per heavy atom. The lowest BCUT2D eigenvalue weighted by atomic mass is 10.0. The molecule has 7 heteroatoms. The third-order valence-electron chi connectivity index (χ3n) is 3.81. The summed E-state index contributed by atoms with van der Waals surface area (Å²) in [6.45, 7) is 7.62. The van der Waals surface area contributed by atoms with Gasteiger partial charge in [-0.15, -0.1) is 0 Å². The van der Waals surface area contributed by atoms with Crippen molar-refractivity contribution in [3.63, 3.8) is 0 Å². The molecule has 148 valence electrons. The standard InChI is InChI=1S/C20H25F3O3Si/c1-14(2)25-27(24-5,26-15(3)4)19-11-9-16(10-12-19)17-7-6-8-18(13-17)20(21,22)23/h6-15H,1-5H3. The first-order chi connectivity index (χ1) is 12.6. The summed E-state index contributed by atoms with van der Waals surface area (Å²) in [5, 5.41) is 0.767. The van der Waals surface area contributed by atoms with Crippen molar-refractivity contribution in [2.24, 2.45) is 0 Å². The van der Waals surface area contributed by atoms with E-state index in [1.807, 2.05) is 27.7 Å². The molecular formula is C20H25F3O3Si. The highest BCUT2D eigenvalue weighted by Gasteiger charge is 2.44. The van der Waals surface area contributed by atoms with E-state index < -0.39 is 20.5 Å². The maximum Gasteiger partial charge on any atom is 0.537 e. The first kappa shape index (κ1) is 21.6. The van der Waals surface area contributed by atoms with E-state index in [1.54, 1.807) is 37.4 Å². The van der Waals surface area contributed by atoms with Gasteiger partial charge >= 0.3 is 15.0 Å². The van der Waals surface area contributed by atoms with Gasteiger partial charge in [0, 0.05) is 24.5 Å². The second-order valence-corrected chi connectivity index (χ2v) is 9.32. The van der Waals surface area contributed by atoms with Gasteiger partial charge in [-0.05, 0) is 51.0 Å². The molecule has 0 aliphatic carbocycles. The molecule has 2 rings (SSSR count). The van der Waals surface area contributed by atoms with Crippen molar-refractivity contribution >= 4 is 14.0 Å². The Kier molecular flexibility index (Phi) is 6.86.